The summed E-state index contributed by atoms with van der Waals surface area (Å²) in [5, 5.41) is 5.14. The van der Waals surface area contributed by atoms with Crippen LogP contribution < -0.4 is 5.73 Å². The van der Waals surface area contributed by atoms with Gasteiger partial charge in [-0.1, -0.05) is 5.16 Å². The largest absolute Gasteiger partial charge is 0.356 e. The molecular weight excluding hydrogens is 340 g/mol. The number of piperidine rings is 1. The van der Waals surface area contributed by atoms with Crippen molar-refractivity contribution < 1.29 is 8.91 Å². The first kappa shape index (κ1) is 20.2. The Hall–Kier alpha value is -0.880. The summed E-state index contributed by atoms with van der Waals surface area (Å²) in [7, 11) is 0. The Kier molecular flexibility index (Phi) is 8.26. The summed E-state index contributed by atoms with van der Waals surface area (Å²) < 4.78 is 18.5. The molecule has 0 unspecified atom stereocenters. The van der Waals surface area contributed by atoms with E-state index in [9.17, 15) is 4.39 Å². The van der Waals surface area contributed by atoms with Gasteiger partial charge in [-0.05, 0) is 64.0 Å². The molecule has 0 bridgehead atoms. The van der Waals surface area contributed by atoms with Crippen LogP contribution in [0.4, 0.5) is 4.39 Å². The summed E-state index contributed by atoms with van der Waals surface area (Å²) >= 11 is 0. The number of aromatic nitrogens is 1. The van der Waals surface area contributed by atoms with E-state index in [4.69, 9.17) is 10.3 Å². The highest BCUT2D eigenvalue weighted by Crippen LogP contribution is 2.32. The zero-order valence-electron chi connectivity index (χ0n) is 13.0. The van der Waals surface area contributed by atoms with E-state index in [2.05, 4.69) is 10.1 Å². The summed E-state index contributed by atoms with van der Waals surface area (Å²) in [5.41, 5.74) is 7.07. The fourth-order valence-corrected chi connectivity index (χ4v) is 3.14. The van der Waals surface area contributed by atoms with E-state index in [-0.39, 0.29) is 30.6 Å². The van der Waals surface area contributed by atoms with Crippen molar-refractivity contribution in [2.75, 3.05) is 26.2 Å². The Morgan fingerprint density at radius 3 is 2.65 bits per heavy atom. The van der Waals surface area contributed by atoms with Crippen LogP contribution in [0, 0.1) is 5.82 Å². The Labute approximate surface area is 148 Å². The average molecular weight is 364 g/mol. The topological polar surface area (TPSA) is 55.3 Å². The van der Waals surface area contributed by atoms with Gasteiger partial charge in [-0.15, -0.1) is 24.8 Å². The minimum absolute atomic E-state index is 0. The average Bonchev–Trinajstić information content (AvgIpc) is 2.91. The number of rotatable bonds is 5. The van der Waals surface area contributed by atoms with Gasteiger partial charge in [-0.25, -0.2) is 4.39 Å². The zero-order chi connectivity index (χ0) is 14.7. The molecule has 23 heavy (non-hydrogen) atoms. The predicted octanol–water partition coefficient (Wildman–Crippen LogP) is 3.73. The number of hydrogen-bond donors (Lipinski definition) is 1. The second kappa shape index (κ2) is 9.42. The maximum absolute atomic E-state index is 13.2. The van der Waals surface area contributed by atoms with Crippen molar-refractivity contribution in [1.29, 1.82) is 0 Å². The van der Waals surface area contributed by atoms with Crippen molar-refractivity contribution in [1.82, 2.24) is 10.1 Å². The Bertz CT molecular complexity index is 600. The molecule has 1 saturated heterocycles. The van der Waals surface area contributed by atoms with Crippen LogP contribution in [0.25, 0.3) is 11.0 Å². The molecule has 2 aromatic rings. The molecule has 2 heterocycles. The van der Waals surface area contributed by atoms with Crippen molar-refractivity contribution in [2.24, 2.45) is 5.73 Å². The summed E-state index contributed by atoms with van der Waals surface area (Å²) in [6.45, 7) is 4.09. The first-order valence-corrected chi connectivity index (χ1v) is 7.75. The van der Waals surface area contributed by atoms with Crippen LogP contribution in [0.1, 0.15) is 37.3 Å². The third-order valence-electron chi connectivity index (χ3n) is 4.36. The van der Waals surface area contributed by atoms with Gasteiger partial charge < -0.3 is 15.2 Å². The monoisotopic (exact) mass is 363 g/mol. The summed E-state index contributed by atoms with van der Waals surface area (Å²) in [5.74, 6) is 0.141. The molecule has 0 radical (unpaired) electrons. The van der Waals surface area contributed by atoms with Gasteiger partial charge in [-0.2, -0.15) is 0 Å². The second-order valence-corrected chi connectivity index (χ2v) is 5.82. The Morgan fingerprint density at radius 2 is 1.96 bits per heavy atom. The zero-order valence-corrected chi connectivity index (χ0v) is 14.7. The van der Waals surface area contributed by atoms with Gasteiger partial charge in [0, 0.05) is 17.4 Å². The van der Waals surface area contributed by atoms with E-state index >= 15 is 0 Å². The highest BCUT2D eigenvalue weighted by atomic mass is 35.5. The Morgan fingerprint density at radius 1 is 1.22 bits per heavy atom. The van der Waals surface area contributed by atoms with Crippen molar-refractivity contribution in [3.63, 3.8) is 0 Å². The quantitative estimate of drug-likeness (QED) is 0.822. The lowest BCUT2D eigenvalue weighted by molar-refractivity contribution is 0.206. The number of fused-ring (bicyclic) bond motifs is 1. The molecule has 3 rings (SSSR count). The molecule has 0 atom stereocenters. The van der Waals surface area contributed by atoms with Crippen LogP contribution in [-0.4, -0.2) is 36.2 Å². The normalized spacial score (nSPS) is 16.1. The summed E-state index contributed by atoms with van der Waals surface area (Å²) in [6.07, 6.45) is 4.44. The number of halogens is 3. The lowest BCUT2D eigenvalue weighted by Gasteiger charge is -2.31. The third kappa shape index (κ3) is 4.80. The number of nitrogens with zero attached hydrogens (tertiary/aromatic N) is 2. The minimum Gasteiger partial charge on any atom is -0.356 e. The van der Waals surface area contributed by atoms with Gasteiger partial charge in [-0.3, -0.25) is 0 Å². The molecule has 7 heteroatoms. The number of likely N-dealkylation sites (tertiary alicyclic amines) is 1. The molecule has 130 valence electrons. The molecule has 0 amide bonds. The van der Waals surface area contributed by atoms with Crippen molar-refractivity contribution in [2.45, 2.75) is 31.6 Å². The first-order chi connectivity index (χ1) is 10.3. The van der Waals surface area contributed by atoms with Crippen LogP contribution >= 0.6 is 24.8 Å². The van der Waals surface area contributed by atoms with Crippen molar-refractivity contribution in [3.8, 4) is 0 Å². The SMILES string of the molecule is Cl.Cl.NCCCCN1CCC(c2noc3cc(F)ccc23)CC1. The summed E-state index contributed by atoms with van der Waals surface area (Å²) in [6, 6.07) is 4.67. The van der Waals surface area contributed by atoms with Crippen molar-refractivity contribution in [3.05, 3.63) is 29.7 Å². The standard InChI is InChI=1S/C16H22FN3O.2ClH/c17-13-3-4-14-15(11-13)21-19-16(14)12-5-9-20(10-6-12)8-2-1-7-18;;/h3-4,11-12H,1-2,5-10,18H2;2*1H. The third-order valence-corrected chi connectivity index (χ3v) is 4.36. The minimum atomic E-state index is -0.278. The number of hydrogen-bond acceptors (Lipinski definition) is 4. The number of benzene rings is 1. The van der Waals surface area contributed by atoms with Gasteiger partial charge in [0.05, 0.1) is 5.69 Å². The van der Waals surface area contributed by atoms with E-state index in [1.807, 2.05) is 0 Å². The molecule has 0 saturated carbocycles. The summed E-state index contributed by atoms with van der Waals surface area (Å²) in [4.78, 5) is 2.49. The van der Waals surface area contributed by atoms with E-state index in [1.165, 1.54) is 18.6 Å². The molecule has 1 fully saturated rings. The molecule has 1 aromatic heterocycles. The highest BCUT2D eigenvalue weighted by molar-refractivity contribution is 5.85. The van der Waals surface area contributed by atoms with E-state index in [1.54, 1.807) is 6.07 Å². The molecule has 0 aliphatic carbocycles. The van der Waals surface area contributed by atoms with Gasteiger partial charge in [0.1, 0.15) is 5.82 Å². The van der Waals surface area contributed by atoms with Crippen LogP contribution in [-0.2, 0) is 0 Å². The van der Waals surface area contributed by atoms with Gasteiger partial charge in [0.2, 0.25) is 0 Å². The van der Waals surface area contributed by atoms with Gasteiger partial charge >= 0.3 is 0 Å². The number of nitrogens with two attached hydrogens (primary N) is 1. The van der Waals surface area contributed by atoms with Crippen LogP contribution in [0.15, 0.2) is 22.7 Å². The van der Waals surface area contributed by atoms with E-state index < -0.39 is 0 Å². The van der Waals surface area contributed by atoms with Crippen LogP contribution in [0.2, 0.25) is 0 Å². The fraction of sp³-hybridized carbons (Fsp3) is 0.562. The maximum atomic E-state index is 13.2. The number of unbranched alkanes of at least 4 members (excludes halogenated alkanes) is 1. The maximum Gasteiger partial charge on any atom is 0.170 e. The predicted molar refractivity (Wildman–Crippen MR) is 95.2 cm³/mol. The van der Waals surface area contributed by atoms with Crippen LogP contribution in [0.5, 0.6) is 0 Å². The molecule has 1 aliphatic rings. The molecule has 4 nitrogen and oxygen atoms in total. The van der Waals surface area contributed by atoms with E-state index in [0.717, 1.165) is 56.5 Å². The lowest BCUT2D eigenvalue weighted by Crippen LogP contribution is -2.34. The first-order valence-electron chi connectivity index (χ1n) is 7.75. The lowest BCUT2D eigenvalue weighted by atomic mass is 9.91. The molecule has 0 spiro atoms. The molecule has 2 N–H and O–H groups in total. The second-order valence-electron chi connectivity index (χ2n) is 5.82. The van der Waals surface area contributed by atoms with E-state index in [0.29, 0.717) is 11.5 Å². The molecular formula is C16H24Cl2FN3O. The molecule has 1 aromatic carbocycles. The highest BCUT2D eigenvalue weighted by Gasteiger charge is 2.24. The van der Waals surface area contributed by atoms with Crippen molar-refractivity contribution >= 4 is 35.8 Å². The molecule has 1 aliphatic heterocycles. The van der Waals surface area contributed by atoms with Crippen LogP contribution in [0.3, 0.4) is 0 Å². The fourth-order valence-electron chi connectivity index (χ4n) is 3.14. The smallest absolute Gasteiger partial charge is 0.170 e. The van der Waals surface area contributed by atoms with Gasteiger partial charge in [0.25, 0.3) is 0 Å². The Balaban J connectivity index is 0.00000132. The van der Waals surface area contributed by atoms with Gasteiger partial charge in [0.15, 0.2) is 5.58 Å².